The van der Waals surface area contributed by atoms with E-state index in [2.05, 4.69) is 42.6 Å². The molecule has 2 rings (SSSR count). The van der Waals surface area contributed by atoms with E-state index in [0.717, 1.165) is 25.8 Å². The largest absolute Gasteiger partial charge is 0.315 e. The lowest BCUT2D eigenvalue weighted by atomic mass is 10.1. The summed E-state index contributed by atoms with van der Waals surface area (Å²) in [5, 5.41) is 4.48. The third kappa shape index (κ3) is 3.40. The van der Waals surface area contributed by atoms with Crippen molar-refractivity contribution in [3.63, 3.8) is 0 Å². The Morgan fingerprint density at radius 3 is 2.61 bits per heavy atom. The van der Waals surface area contributed by atoms with Crippen molar-refractivity contribution in [2.45, 2.75) is 32.7 Å². The topological polar surface area (TPSA) is 24.9 Å². The second-order valence-corrected chi connectivity index (χ2v) is 5.52. The molecule has 0 aliphatic heterocycles. The highest BCUT2D eigenvalue weighted by atomic mass is 32.1. The Morgan fingerprint density at radius 2 is 1.94 bits per heavy atom. The van der Waals surface area contributed by atoms with E-state index in [1.54, 1.807) is 0 Å². The Hall–Kier alpha value is -1.19. The van der Waals surface area contributed by atoms with Crippen molar-refractivity contribution in [1.29, 1.82) is 0 Å². The quantitative estimate of drug-likeness (QED) is 0.862. The molecule has 0 atom stereocenters. The fraction of sp³-hybridized carbons (Fsp3) is 0.400. The molecule has 2 aromatic rings. The normalized spacial score (nSPS) is 10.8. The van der Waals surface area contributed by atoms with Crippen LogP contribution in [0, 0.1) is 0 Å². The van der Waals surface area contributed by atoms with Crippen LogP contribution in [-0.2, 0) is 25.8 Å². The van der Waals surface area contributed by atoms with Gasteiger partial charge in [-0.1, -0.05) is 37.3 Å². The molecule has 0 saturated heterocycles. The monoisotopic (exact) mass is 260 g/mol. The van der Waals surface area contributed by atoms with Gasteiger partial charge in [0.25, 0.3) is 0 Å². The summed E-state index contributed by atoms with van der Waals surface area (Å²) in [4.78, 5) is 6.13. The van der Waals surface area contributed by atoms with Crippen LogP contribution in [0.5, 0.6) is 0 Å². The predicted molar refractivity (Wildman–Crippen MR) is 78.1 cm³/mol. The molecular formula is C15H20N2S. The number of nitrogens with one attached hydrogen (secondary N) is 1. The number of benzene rings is 1. The van der Waals surface area contributed by atoms with Gasteiger partial charge in [0.05, 0.1) is 10.7 Å². The summed E-state index contributed by atoms with van der Waals surface area (Å²) in [6.45, 7) is 3.11. The van der Waals surface area contributed by atoms with Crippen molar-refractivity contribution >= 4 is 11.3 Å². The minimum absolute atomic E-state index is 0.937. The van der Waals surface area contributed by atoms with E-state index >= 15 is 0 Å². The van der Waals surface area contributed by atoms with Crippen LogP contribution in [0.25, 0.3) is 0 Å². The summed E-state index contributed by atoms with van der Waals surface area (Å²) in [6.07, 6.45) is 3.15. The lowest BCUT2D eigenvalue weighted by Gasteiger charge is -1.97. The molecule has 0 fully saturated rings. The first kappa shape index (κ1) is 13.2. The number of hydrogen-bond acceptors (Lipinski definition) is 3. The first-order valence-electron chi connectivity index (χ1n) is 6.49. The lowest BCUT2D eigenvalue weighted by molar-refractivity contribution is 0.812. The molecule has 0 unspecified atom stereocenters. The highest BCUT2D eigenvalue weighted by Gasteiger charge is 2.08. The van der Waals surface area contributed by atoms with E-state index in [4.69, 9.17) is 4.98 Å². The molecule has 0 aliphatic rings. The fourth-order valence-electron chi connectivity index (χ4n) is 2.01. The van der Waals surface area contributed by atoms with Gasteiger partial charge in [0.2, 0.25) is 0 Å². The predicted octanol–water partition coefficient (Wildman–Crippen LogP) is 3.21. The second kappa shape index (κ2) is 6.66. The maximum atomic E-state index is 4.74. The fourth-order valence-corrected chi connectivity index (χ4v) is 3.18. The van der Waals surface area contributed by atoms with Crippen LogP contribution in [0.1, 0.15) is 28.1 Å². The van der Waals surface area contributed by atoms with Gasteiger partial charge in [-0.3, -0.25) is 0 Å². The maximum Gasteiger partial charge on any atom is 0.0934 e. The van der Waals surface area contributed by atoms with Gasteiger partial charge in [-0.25, -0.2) is 4.98 Å². The highest BCUT2D eigenvalue weighted by Crippen LogP contribution is 2.20. The Balaban J connectivity index is 2.01. The van der Waals surface area contributed by atoms with Crippen LogP contribution in [-0.4, -0.2) is 12.0 Å². The van der Waals surface area contributed by atoms with Gasteiger partial charge in [-0.05, 0) is 25.5 Å². The first-order chi connectivity index (χ1) is 8.83. The van der Waals surface area contributed by atoms with Crippen LogP contribution in [0.2, 0.25) is 0 Å². The number of thiazole rings is 1. The van der Waals surface area contributed by atoms with Gasteiger partial charge in [0.1, 0.15) is 0 Å². The maximum absolute atomic E-state index is 4.74. The van der Waals surface area contributed by atoms with Crippen LogP contribution < -0.4 is 5.32 Å². The highest BCUT2D eigenvalue weighted by molar-refractivity contribution is 7.11. The van der Waals surface area contributed by atoms with Crippen molar-refractivity contribution in [3.8, 4) is 0 Å². The third-order valence-electron chi connectivity index (χ3n) is 2.97. The van der Waals surface area contributed by atoms with Gasteiger partial charge in [0, 0.05) is 17.8 Å². The molecule has 18 heavy (non-hydrogen) atoms. The average molecular weight is 260 g/mol. The van der Waals surface area contributed by atoms with E-state index in [-0.39, 0.29) is 0 Å². The van der Waals surface area contributed by atoms with E-state index in [1.807, 2.05) is 18.4 Å². The summed E-state index contributed by atoms with van der Waals surface area (Å²) < 4.78 is 0. The van der Waals surface area contributed by atoms with Gasteiger partial charge in [0.15, 0.2) is 0 Å². The van der Waals surface area contributed by atoms with Crippen molar-refractivity contribution in [3.05, 3.63) is 51.5 Å². The molecule has 1 N–H and O–H groups in total. The Morgan fingerprint density at radius 1 is 1.17 bits per heavy atom. The van der Waals surface area contributed by atoms with Crippen molar-refractivity contribution in [2.75, 3.05) is 7.05 Å². The molecule has 1 aromatic heterocycles. The Bertz CT molecular complexity index is 476. The molecule has 1 heterocycles. The third-order valence-corrected chi connectivity index (χ3v) is 4.12. The molecule has 0 bridgehead atoms. The summed E-state index contributed by atoms with van der Waals surface area (Å²) in [5.74, 6) is 0. The smallest absolute Gasteiger partial charge is 0.0934 e. The van der Waals surface area contributed by atoms with Gasteiger partial charge in [-0.2, -0.15) is 0 Å². The zero-order valence-electron chi connectivity index (χ0n) is 11.1. The summed E-state index contributed by atoms with van der Waals surface area (Å²) in [5.41, 5.74) is 2.65. The minimum atomic E-state index is 0.937. The van der Waals surface area contributed by atoms with Crippen LogP contribution in [0.3, 0.4) is 0 Å². The van der Waals surface area contributed by atoms with Gasteiger partial charge < -0.3 is 5.32 Å². The SMILES string of the molecule is CCc1nc(CCc2ccccc2)sc1CNC. The molecule has 0 amide bonds. The molecule has 2 nitrogen and oxygen atoms in total. The van der Waals surface area contributed by atoms with E-state index in [0.29, 0.717) is 0 Å². The number of hydrogen-bond donors (Lipinski definition) is 1. The summed E-state index contributed by atoms with van der Waals surface area (Å²) in [6, 6.07) is 10.6. The van der Waals surface area contributed by atoms with E-state index in [1.165, 1.54) is 21.1 Å². The number of rotatable bonds is 6. The van der Waals surface area contributed by atoms with Gasteiger partial charge >= 0.3 is 0 Å². The second-order valence-electron chi connectivity index (χ2n) is 4.35. The molecule has 1 aromatic carbocycles. The number of aryl methyl sites for hydroxylation is 3. The molecule has 3 heteroatoms. The lowest BCUT2D eigenvalue weighted by Crippen LogP contribution is -2.05. The summed E-state index contributed by atoms with van der Waals surface area (Å²) >= 11 is 1.85. The van der Waals surface area contributed by atoms with Crippen LogP contribution in [0.4, 0.5) is 0 Å². The molecular weight excluding hydrogens is 240 g/mol. The van der Waals surface area contributed by atoms with Crippen molar-refractivity contribution in [1.82, 2.24) is 10.3 Å². The molecule has 0 spiro atoms. The molecule has 0 radical (unpaired) electrons. The van der Waals surface area contributed by atoms with Crippen LogP contribution in [0.15, 0.2) is 30.3 Å². The standard InChI is InChI=1S/C15H20N2S/c1-3-13-14(11-16-2)18-15(17-13)10-9-12-7-5-4-6-8-12/h4-8,16H,3,9-11H2,1-2H3. The Kier molecular flexibility index (Phi) is 4.90. The average Bonchev–Trinajstić information content (AvgIpc) is 2.80. The van der Waals surface area contributed by atoms with Gasteiger partial charge in [-0.15, -0.1) is 11.3 Å². The molecule has 0 saturated carbocycles. The van der Waals surface area contributed by atoms with E-state index < -0.39 is 0 Å². The minimum Gasteiger partial charge on any atom is -0.315 e. The van der Waals surface area contributed by atoms with E-state index in [9.17, 15) is 0 Å². The van der Waals surface area contributed by atoms with Crippen LogP contribution >= 0.6 is 11.3 Å². The number of nitrogens with zero attached hydrogens (tertiary/aromatic N) is 1. The zero-order valence-corrected chi connectivity index (χ0v) is 11.9. The van der Waals surface area contributed by atoms with Crippen molar-refractivity contribution < 1.29 is 0 Å². The number of aromatic nitrogens is 1. The summed E-state index contributed by atoms with van der Waals surface area (Å²) in [7, 11) is 1.99. The molecule has 96 valence electrons. The van der Waals surface area contributed by atoms with Crippen molar-refractivity contribution in [2.24, 2.45) is 0 Å². The zero-order chi connectivity index (χ0) is 12.8. The molecule has 0 aliphatic carbocycles. The Labute approximate surface area is 113 Å². The first-order valence-corrected chi connectivity index (χ1v) is 7.31.